The second-order valence-corrected chi connectivity index (χ2v) is 3.44. The van der Waals surface area contributed by atoms with E-state index in [-0.39, 0.29) is 0 Å². The molecule has 0 bridgehead atoms. The van der Waals surface area contributed by atoms with Crippen LogP contribution in [0.3, 0.4) is 0 Å². The van der Waals surface area contributed by atoms with Gasteiger partial charge in [-0.2, -0.15) is 0 Å². The third-order valence-electron chi connectivity index (χ3n) is 1.60. The Kier molecular flexibility index (Phi) is 13.5. The van der Waals surface area contributed by atoms with Crippen molar-refractivity contribution in [3.05, 3.63) is 0 Å². The smallest absolute Gasteiger partial charge is 0.129 e. The molecule has 0 aliphatic rings. The van der Waals surface area contributed by atoms with Gasteiger partial charge in [0.25, 0.3) is 0 Å². The fraction of sp³-hybridized carbons (Fsp3) is 0.909. The van der Waals surface area contributed by atoms with E-state index in [0.717, 1.165) is 12.8 Å². The minimum Gasteiger partial charge on any atom is -0.382 e. The predicted octanol–water partition coefficient (Wildman–Crippen LogP) is 3.20. The molecule has 0 aromatic rings. The number of ketones is 1. The molecule has 0 atom stereocenters. The fourth-order valence-corrected chi connectivity index (χ4v) is 0.624. The van der Waals surface area contributed by atoms with Gasteiger partial charge in [-0.15, -0.1) is 0 Å². The van der Waals surface area contributed by atoms with E-state index >= 15 is 0 Å². The molecule has 0 saturated heterocycles. The molecule has 0 N–H and O–H groups in total. The zero-order valence-corrected chi connectivity index (χ0v) is 9.72. The number of methoxy groups -OCH3 is 1. The average Bonchev–Trinajstić information content (AvgIpc) is 2.05. The highest BCUT2D eigenvalue weighted by atomic mass is 16.5. The molecule has 0 unspecified atom stereocenters. The summed E-state index contributed by atoms with van der Waals surface area (Å²) in [6, 6.07) is 0. The molecule has 0 fully saturated rings. The fourth-order valence-electron chi connectivity index (χ4n) is 0.624. The number of rotatable bonds is 5. The van der Waals surface area contributed by atoms with Crippen molar-refractivity contribution in [2.75, 3.05) is 7.11 Å². The first kappa shape index (κ1) is 15.1. The molecule has 0 aromatic carbocycles. The first-order chi connectivity index (χ1) is 6.04. The summed E-state index contributed by atoms with van der Waals surface area (Å²) in [4.78, 5) is 10.3. The van der Waals surface area contributed by atoms with E-state index in [1.54, 1.807) is 14.0 Å². The monoisotopic (exact) mass is 188 g/mol. The largest absolute Gasteiger partial charge is 0.382 e. The van der Waals surface area contributed by atoms with E-state index in [2.05, 4.69) is 6.92 Å². The molecular weight excluding hydrogens is 164 g/mol. The van der Waals surface area contributed by atoms with Crippen molar-refractivity contribution >= 4 is 5.78 Å². The Morgan fingerprint density at radius 1 is 1.31 bits per heavy atom. The van der Waals surface area contributed by atoms with Crippen LogP contribution in [0.5, 0.6) is 0 Å². The van der Waals surface area contributed by atoms with Crippen LogP contribution in [-0.2, 0) is 9.53 Å². The van der Waals surface area contributed by atoms with Crippen LogP contribution in [0, 0.1) is 0 Å². The Labute approximate surface area is 82.7 Å². The lowest BCUT2D eigenvalue weighted by molar-refractivity contribution is -0.117. The van der Waals surface area contributed by atoms with Crippen molar-refractivity contribution in [2.24, 2.45) is 0 Å². The van der Waals surface area contributed by atoms with Crippen molar-refractivity contribution in [1.82, 2.24) is 0 Å². The summed E-state index contributed by atoms with van der Waals surface area (Å²) in [5.41, 5.74) is 0. The van der Waals surface area contributed by atoms with Crippen molar-refractivity contribution in [2.45, 2.75) is 59.5 Å². The number of hydrogen-bond donors (Lipinski definition) is 0. The molecule has 2 heteroatoms. The number of Topliss-reactive ketones (excluding diaryl/α,β-unsaturated/α-hetero) is 1. The molecule has 2 nitrogen and oxygen atoms in total. The maximum absolute atomic E-state index is 10.3. The van der Waals surface area contributed by atoms with Crippen LogP contribution in [0.15, 0.2) is 0 Å². The van der Waals surface area contributed by atoms with Gasteiger partial charge in [0.1, 0.15) is 5.78 Å². The lowest BCUT2D eigenvalue weighted by Gasteiger charge is -1.94. The summed E-state index contributed by atoms with van der Waals surface area (Å²) in [6.07, 6.45) is 4.63. The van der Waals surface area contributed by atoms with Crippen LogP contribution in [0.4, 0.5) is 0 Å². The van der Waals surface area contributed by atoms with Crippen LogP contribution in [-0.4, -0.2) is 19.0 Å². The normalized spacial score (nSPS) is 9.38. The molecule has 0 radical (unpaired) electrons. The Bertz CT molecular complexity index is 109. The standard InChI is InChI=1S/C7H14O.C4H10O/c1-3-4-5-6-7(2)8;1-4(2)5-3/h3-6H2,1-2H3;4H,1-3H3. The van der Waals surface area contributed by atoms with E-state index < -0.39 is 0 Å². The lowest BCUT2D eigenvalue weighted by Crippen LogP contribution is -1.94. The summed E-state index contributed by atoms with van der Waals surface area (Å²) >= 11 is 0. The number of ether oxygens (including phenoxy) is 1. The lowest BCUT2D eigenvalue weighted by atomic mass is 10.2. The maximum Gasteiger partial charge on any atom is 0.129 e. The van der Waals surface area contributed by atoms with E-state index in [0.29, 0.717) is 11.9 Å². The number of carbonyl (C=O) groups excluding carboxylic acids is 1. The zero-order valence-electron chi connectivity index (χ0n) is 9.72. The van der Waals surface area contributed by atoms with Gasteiger partial charge < -0.3 is 9.53 Å². The predicted molar refractivity (Wildman–Crippen MR) is 57.0 cm³/mol. The maximum atomic E-state index is 10.3. The van der Waals surface area contributed by atoms with Gasteiger partial charge >= 0.3 is 0 Å². The van der Waals surface area contributed by atoms with E-state index in [1.807, 2.05) is 13.8 Å². The van der Waals surface area contributed by atoms with Gasteiger partial charge in [0.05, 0.1) is 6.10 Å². The van der Waals surface area contributed by atoms with Crippen molar-refractivity contribution in [3.63, 3.8) is 0 Å². The Hall–Kier alpha value is -0.370. The average molecular weight is 188 g/mol. The Morgan fingerprint density at radius 2 is 1.77 bits per heavy atom. The van der Waals surface area contributed by atoms with Gasteiger partial charge in [0, 0.05) is 13.5 Å². The second kappa shape index (κ2) is 11.6. The van der Waals surface area contributed by atoms with Crippen LogP contribution in [0.2, 0.25) is 0 Å². The third-order valence-corrected chi connectivity index (χ3v) is 1.60. The zero-order chi connectivity index (χ0) is 10.7. The molecule has 0 amide bonds. The molecule has 0 aliphatic heterocycles. The minimum absolute atomic E-state index is 0.318. The topological polar surface area (TPSA) is 26.3 Å². The van der Waals surface area contributed by atoms with Gasteiger partial charge in [-0.05, 0) is 27.2 Å². The first-order valence-electron chi connectivity index (χ1n) is 5.06. The summed E-state index contributed by atoms with van der Waals surface area (Å²) in [6.45, 7) is 7.79. The summed E-state index contributed by atoms with van der Waals surface area (Å²) < 4.78 is 4.75. The molecule has 0 aliphatic carbocycles. The van der Waals surface area contributed by atoms with Crippen LogP contribution in [0.1, 0.15) is 53.4 Å². The van der Waals surface area contributed by atoms with E-state index in [9.17, 15) is 4.79 Å². The number of carbonyl (C=O) groups is 1. The van der Waals surface area contributed by atoms with Gasteiger partial charge in [-0.25, -0.2) is 0 Å². The molecule has 0 saturated carbocycles. The molecular formula is C11H24O2. The van der Waals surface area contributed by atoms with Gasteiger partial charge in [0.2, 0.25) is 0 Å². The quantitative estimate of drug-likeness (QED) is 0.619. The third kappa shape index (κ3) is 24.5. The first-order valence-corrected chi connectivity index (χ1v) is 5.06. The summed E-state index contributed by atoms with van der Waals surface area (Å²) in [5.74, 6) is 0.318. The summed E-state index contributed by atoms with van der Waals surface area (Å²) in [7, 11) is 1.70. The van der Waals surface area contributed by atoms with Gasteiger partial charge in [-0.3, -0.25) is 0 Å². The van der Waals surface area contributed by atoms with Crippen molar-refractivity contribution in [3.8, 4) is 0 Å². The molecule has 80 valence electrons. The molecule has 0 aromatic heterocycles. The number of unbranched alkanes of at least 4 members (excludes halogenated alkanes) is 2. The Morgan fingerprint density at radius 3 is 2.00 bits per heavy atom. The highest BCUT2D eigenvalue weighted by Gasteiger charge is 1.89. The molecule has 0 heterocycles. The molecule has 0 rings (SSSR count). The van der Waals surface area contributed by atoms with Crippen LogP contribution in [0.25, 0.3) is 0 Å². The number of hydrogen-bond acceptors (Lipinski definition) is 2. The molecule has 13 heavy (non-hydrogen) atoms. The SMILES string of the molecule is CCCCCC(C)=O.COC(C)C. The van der Waals surface area contributed by atoms with Crippen LogP contribution < -0.4 is 0 Å². The summed E-state index contributed by atoms with van der Waals surface area (Å²) in [5, 5.41) is 0. The van der Waals surface area contributed by atoms with Crippen LogP contribution >= 0.6 is 0 Å². The van der Waals surface area contributed by atoms with Gasteiger partial charge in [-0.1, -0.05) is 19.8 Å². The highest BCUT2D eigenvalue weighted by Crippen LogP contribution is 1.98. The Balaban J connectivity index is 0. The minimum atomic E-state index is 0.318. The van der Waals surface area contributed by atoms with Crippen molar-refractivity contribution in [1.29, 1.82) is 0 Å². The van der Waals surface area contributed by atoms with E-state index in [4.69, 9.17) is 4.74 Å². The van der Waals surface area contributed by atoms with E-state index in [1.165, 1.54) is 12.8 Å². The molecule has 0 spiro atoms. The second-order valence-electron chi connectivity index (χ2n) is 3.44. The highest BCUT2D eigenvalue weighted by molar-refractivity contribution is 5.75. The van der Waals surface area contributed by atoms with Gasteiger partial charge in [0.15, 0.2) is 0 Å². The van der Waals surface area contributed by atoms with Crippen molar-refractivity contribution < 1.29 is 9.53 Å².